The average molecular weight is 438 g/mol. The van der Waals surface area contributed by atoms with Crippen LogP contribution in [0.1, 0.15) is 11.1 Å². The number of hydrogen-bond acceptors (Lipinski definition) is 4. The molecule has 150 valence electrons. The number of hydrogen-bond donors (Lipinski definition) is 2. The molecule has 0 aliphatic carbocycles. The lowest BCUT2D eigenvalue weighted by Gasteiger charge is -2.09. The molecule has 0 saturated carbocycles. The van der Waals surface area contributed by atoms with Gasteiger partial charge in [0.25, 0.3) is 10.0 Å². The molecule has 0 aromatic heterocycles. The fourth-order valence-electron chi connectivity index (χ4n) is 2.53. The van der Waals surface area contributed by atoms with Gasteiger partial charge in [-0.1, -0.05) is 41.9 Å². The quantitative estimate of drug-likeness (QED) is 0.547. The van der Waals surface area contributed by atoms with E-state index in [0.717, 1.165) is 0 Å². The van der Waals surface area contributed by atoms with Crippen LogP contribution in [0.2, 0.25) is 5.02 Å². The second-order valence-electron chi connectivity index (χ2n) is 6.17. The third kappa shape index (κ3) is 5.47. The van der Waals surface area contributed by atoms with Crippen molar-refractivity contribution in [3.63, 3.8) is 0 Å². The Balaban J connectivity index is 1.67. The SMILES string of the molecule is N#Cc1cccc(NC(=O)/C=C/c2ccc(S(=O)(=O)Nc3ccccc3Cl)cc2)c1. The maximum absolute atomic E-state index is 12.5. The predicted octanol–water partition coefficient (Wildman–Crippen LogP) is 4.66. The number of amides is 1. The lowest BCUT2D eigenvalue weighted by molar-refractivity contribution is -0.111. The lowest BCUT2D eigenvalue weighted by atomic mass is 10.2. The highest BCUT2D eigenvalue weighted by atomic mass is 35.5. The van der Waals surface area contributed by atoms with Crippen LogP contribution in [-0.2, 0) is 14.8 Å². The van der Waals surface area contributed by atoms with Gasteiger partial charge in [0.05, 0.1) is 27.2 Å². The number of carbonyl (C=O) groups is 1. The molecule has 2 N–H and O–H groups in total. The first-order chi connectivity index (χ1) is 14.4. The molecule has 3 rings (SSSR count). The summed E-state index contributed by atoms with van der Waals surface area (Å²) in [5, 5.41) is 11.9. The second kappa shape index (κ2) is 9.27. The lowest BCUT2D eigenvalue weighted by Crippen LogP contribution is -2.13. The van der Waals surface area contributed by atoms with Crippen molar-refractivity contribution in [1.82, 2.24) is 0 Å². The number of sulfonamides is 1. The molecule has 3 aromatic carbocycles. The van der Waals surface area contributed by atoms with Crippen LogP contribution in [0.4, 0.5) is 11.4 Å². The smallest absolute Gasteiger partial charge is 0.261 e. The maximum atomic E-state index is 12.5. The molecular formula is C22H16ClN3O3S. The average Bonchev–Trinajstić information content (AvgIpc) is 2.74. The number of benzene rings is 3. The first kappa shape index (κ1) is 21.1. The van der Waals surface area contributed by atoms with Crippen LogP contribution in [0.5, 0.6) is 0 Å². The van der Waals surface area contributed by atoms with E-state index < -0.39 is 10.0 Å². The fourth-order valence-corrected chi connectivity index (χ4v) is 3.85. The van der Waals surface area contributed by atoms with Crippen LogP contribution in [0, 0.1) is 11.3 Å². The van der Waals surface area contributed by atoms with Gasteiger partial charge in [0, 0.05) is 11.8 Å². The topological polar surface area (TPSA) is 99.1 Å². The normalized spacial score (nSPS) is 11.1. The fraction of sp³-hybridized carbons (Fsp3) is 0. The minimum Gasteiger partial charge on any atom is -0.322 e. The number of rotatable bonds is 6. The Morgan fingerprint density at radius 1 is 1.00 bits per heavy atom. The van der Waals surface area contributed by atoms with Crippen LogP contribution < -0.4 is 10.0 Å². The third-order valence-electron chi connectivity index (χ3n) is 3.99. The maximum Gasteiger partial charge on any atom is 0.261 e. The number of carbonyl (C=O) groups excluding carboxylic acids is 1. The van der Waals surface area contributed by atoms with Crippen LogP contribution in [0.3, 0.4) is 0 Å². The number of nitrogens with one attached hydrogen (secondary N) is 2. The standard InChI is InChI=1S/C22H16ClN3O3S/c23-20-6-1-2-7-21(20)26-30(28,29)19-11-8-16(9-12-19)10-13-22(27)25-18-5-3-4-17(14-18)15-24/h1-14,26H,(H,25,27)/b13-10+. The molecule has 0 aliphatic heterocycles. The van der Waals surface area contributed by atoms with Gasteiger partial charge in [0.15, 0.2) is 0 Å². The van der Waals surface area contributed by atoms with E-state index in [2.05, 4.69) is 10.0 Å². The number of halogens is 1. The van der Waals surface area contributed by atoms with E-state index in [1.165, 1.54) is 18.2 Å². The first-order valence-corrected chi connectivity index (χ1v) is 10.6. The van der Waals surface area contributed by atoms with Crippen LogP contribution in [0.25, 0.3) is 6.08 Å². The number of nitriles is 1. The molecule has 6 nitrogen and oxygen atoms in total. The van der Waals surface area contributed by atoms with Gasteiger partial charge in [0.1, 0.15) is 0 Å². The Kier molecular flexibility index (Phi) is 6.52. The summed E-state index contributed by atoms with van der Waals surface area (Å²) in [5.41, 5.74) is 1.89. The summed E-state index contributed by atoms with van der Waals surface area (Å²) in [4.78, 5) is 12.1. The van der Waals surface area contributed by atoms with Gasteiger partial charge in [0.2, 0.25) is 5.91 Å². The molecule has 0 unspecified atom stereocenters. The summed E-state index contributed by atoms with van der Waals surface area (Å²) in [6.45, 7) is 0. The zero-order valence-electron chi connectivity index (χ0n) is 15.5. The Hall–Kier alpha value is -3.60. The summed E-state index contributed by atoms with van der Waals surface area (Å²) in [6, 6.07) is 21.2. The van der Waals surface area contributed by atoms with Crippen LogP contribution >= 0.6 is 11.6 Å². The van der Waals surface area contributed by atoms with E-state index in [1.54, 1.807) is 66.7 Å². The number of nitrogens with zero attached hydrogens (tertiary/aromatic N) is 1. The molecule has 0 heterocycles. The summed E-state index contributed by atoms with van der Waals surface area (Å²) < 4.78 is 27.5. The van der Waals surface area contributed by atoms with Crippen molar-refractivity contribution < 1.29 is 13.2 Å². The summed E-state index contributed by atoms with van der Waals surface area (Å²) >= 11 is 6.00. The third-order valence-corrected chi connectivity index (χ3v) is 5.71. The molecule has 0 radical (unpaired) electrons. The van der Waals surface area contributed by atoms with Crippen LogP contribution in [0.15, 0.2) is 83.8 Å². The molecule has 30 heavy (non-hydrogen) atoms. The monoisotopic (exact) mass is 437 g/mol. The molecule has 0 saturated heterocycles. The van der Waals surface area contributed by atoms with Crippen molar-refractivity contribution in [2.45, 2.75) is 4.90 Å². The van der Waals surface area contributed by atoms with Crippen LogP contribution in [-0.4, -0.2) is 14.3 Å². The van der Waals surface area contributed by atoms with Crippen molar-refractivity contribution in [3.8, 4) is 6.07 Å². The Morgan fingerprint density at radius 3 is 2.43 bits per heavy atom. The summed E-state index contributed by atoms with van der Waals surface area (Å²) in [5.74, 6) is -0.373. The van der Waals surface area contributed by atoms with Crippen molar-refractivity contribution in [2.75, 3.05) is 10.0 Å². The Labute approximate surface area is 179 Å². The molecular weight excluding hydrogens is 422 g/mol. The molecule has 0 aliphatic rings. The number of anilines is 2. The van der Waals surface area contributed by atoms with E-state index in [1.807, 2.05) is 6.07 Å². The minimum atomic E-state index is -3.80. The molecule has 1 amide bonds. The largest absolute Gasteiger partial charge is 0.322 e. The van der Waals surface area contributed by atoms with Crippen molar-refractivity contribution in [3.05, 3.63) is 95.0 Å². The second-order valence-corrected chi connectivity index (χ2v) is 8.26. The molecule has 0 spiro atoms. The van der Waals surface area contributed by atoms with Crippen molar-refractivity contribution in [1.29, 1.82) is 5.26 Å². The zero-order chi connectivity index (χ0) is 21.6. The summed E-state index contributed by atoms with van der Waals surface area (Å²) in [6.07, 6.45) is 2.88. The Morgan fingerprint density at radius 2 is 1.73 bits per heavy atom. The zero-order valence-corrected chi connectivity index (χ0v) is 17.1. The minimum absolute atomic E-state index is 0.0670. The highest BCUT2D eigenvalue weighted by molar-refractivity contribution is 7.92. The van der Waals surface area contributed by atoms with E-state index in [4.69, 9.17) is 16.9 Å². The molecule has 8 heteroatoms. The highest BCUT2D eigenvalue weighted by Crippen LogP contribution is 2.24. The Bertz CT molecular complexity index is 1250. The highest BCUT2D eigenvalue weighted by Gasteiger charge is 2.15. The van der Waals surface area contributed by atoms with E-state index in [0.29, 0.717) is 27.5 Å². The van der Waals surface area contributed by atoms with Gasteiger partial charge >= 0.3 is 0 Å². The number of para-hydroxylation sites is 1. The summed E-state index contributed by atoms with van der Waals surface area (Å²) in [7, 11) is -3.80. The molecule has 3 aromatic rings. The van der Waals surface area contributed by atoms with Crippen molar-refractivity contribution >= 4 is 45.0 Å². The molecule has 0 atom stereocenters. The van der Waals surface area contributed by atoms with Gasteiger partial charge in [-0.05, 0) is 54.1 Å². The van der Waals surface area contributed by atoms with Gasteiger partial charge < -0.3 is 5.32 Å². The van der Waals surface area contributed by atoms with E-state index >= 15 is 0 Å². The molecule has 0 bridgehead atoms. The first-order valence-electron chi connectivity index (χ1n) is 8.74. The van der Waals surface area contributed by atoms with E-state index in [9.17, 15) is 13.2 Å². The van der Waals surface area contributed by atoms with Crippen molar-refractivity contribution in [2.24, 2.45) is 0 Å². The van der Waals surface area contributed by atoms with Gasteiger partial charge in [-0.25, -0.2) is 8.42 Å². The van der Waals surface area contributed by atoms with Gasteiger partial charge in [-0.2, -0.15) is 5.26 Å². The van der Waals surface area contributed by atoms with E-state index in [-0.39, 0.29) is 10.8 Å². The van der Waals surface area contributed by atoms with Gasteiger partial charge in [-0.15, -0.1) is 0 Å². The molecule has 0 fully saturated rings. The van der Waals surface area contributed by atoms with Gasteiger partial charge in [-0.3, -0.25) is 9.52 Å². The predicted molar refractivity (Wildman–Crippen MR) is 118 cm³/mol.